The van der Waals surface area contributed by atoms with Gasteiger partial charge in [0.25, 0.3) is 0 Å². The van der Waals surface area contributed by atoms with Crippen molar-refractivity contribution in [1.82, 2.24) is 9.97 Å². The first kappa shape index (κ1) is 15.4. The molecule has 2 aromatic rings. The quantitative estimate of drug-likeness (QED) is 0.762. The van der Waals surface area contributed by atoms with Crippen LogP contribution in [0.5, 0.6) is 0 Å². The first-order valence-electron chi connectivity index (χ1n) is 6.84. The van der Waals surface area contributed by atoms with Gasteiger partial charge in [0.05, 0.1) is 23.6 Å². The summed E-state index contributed by atoms with van der Waals surface area (Å²) in [6.45, 7) is 1.92. The van der Waals surface area contributed by atoms with Gasteiger partial charge in [-0.15, -0.1) is 0 Å². The Balaban J connectivity index is 2.42. The first-order valence-corrected chi connectivity index (χ1v) is 6.84. The van der Waals surface area contributed by atoms with Crippen LogP contribution in [0.1, 0.15) is 26.2 Å². The Bertz CT molecular complexity index is 631. The monoisotopic (exact) mass is 296 g/mol. The summed E-state index contributed by atoms with van der Waals surface area (Å²) in [6, 6.07) is 1.60. The van der Waals surface area contributed by atoms with Gasteiger partial charge in [-0.25, -0.2) is 13.8 Å². The molecule has 2 rings (SSSR count). The summed E-state index contributed by atoms with van der Waals surface area (Å²) in [6.07, 6.45) is 2.60. The maximum Gasteiger partial charge on any atom is 0.222 e. The summed E-state index contributed by atoms with van der Waals surface area (Å²) in [5.74, 6) is -1.40. The van der Waals surface area contributed by atoms with Gasteiger partial charge in [-0.1, -0.05) is 19.8 Å². The van der Waals surface area contributed by atoms with Gasteiger partial charge in [-0.2, -0.15) is 4.98 Å². The number of nitrogens with one attached hydrogen (secondary N) is 1. The van der Waals surface area contributed by atoms with Crippen molar-refractivity contribution in [2.45, 2.75) is 32.2 Å². The number of aromatic nitrogens is 2. The van der Waals surface area contributed by atoms with Crippen molar-refractivity contribution in [2.75, 3.05) is 17.7 Å². The minimum atomic E-state index is -0.764. The summed E-state index contributed by atoms with van der Waals surface area (Å²) in [5, 5.41) is 12.4. The van der Waals surface area contributed by atoms with E-state index in [2.05, 4.69) is 15.3 Å². The number of fused-ring (bicyclic) bond motifs is 1. The molecule has 4 N–H and O–H groups in total. The van der Waals surface area contributed by atoms with Gasteiger partial charge in [0, 0.05) is 12.1 Å². The Morgan fingerprint density at radius 2 is 2.10 bits per heavy atom. The molecule has 0 aliphatic rings. The number of hydrogen-bond donors (Lipinski definition) is 3. The molecule has 1 unspecified atom stereocenters. The minimum absolute atomic E-state index is 0.0700. The summed E-state index contributed by atoms with van der Waals surface area (Å²) in [4.78, 5) is 7.81. The first-order chi connectivity index (χ1) is 10.0. The van der Waals surface area contributed by atoms with Gasteiger partial charge in [-0.3, -0.25) is 0 Å². The normalized spacial score (nSPS) is 12.6. The molecule has 114 valence electrons. The van der Waals surface area contributed by atoms with E-state index in [9.17, 15) is 13.9 Å². The summed E-state index contributed by atoms with van der Waals surface area (Å²) < 4.78 is 27.2. The number of benzene rings is 1. The predicted molar refractivity (Wildman–Crippen MR) is 77.9 cm³/mol. The average molecular weight is 296 g/mol. The second-order valence-electron chi connectivity index (χ2n) is 4.88. The molecule has 7 heteroatoms. The molecule has 1 aromatic heterocycles. The molecule has 1 aromatic carbocycles. The van der Waals surface area contributed by atoms with Crippen LogP contribution in [-0.2, 0) is 0 Å². The van der Waals surface area contributed by atoms with Crippen LogP contribution in [-0.4, -0.2) is 27.7 Å². The molecule has 0 radical (unpaired) electrons. The lowest BCUT2D eigenvalue weighted by molar-refractivity contribution is 0.267. The number of anilines is 2. The second-order valence-corrected chi connectivity index (χ2v) is 4.88. The SMILES string of the molecule is CCCCC(CO)Nc1nc(N)nc2cc(F)cc(F)c12. The van der Waals surface area contributed by atoms with Gasteiger partial charge < -0.3 is 16.2 Å². The van der Waals surface area contributed by atoms with Crippen molar-refractivity contribution < 1.29 is 13.9 Å². The number of nitrogens with two attached hydrogens (primary N) is 1. The number of nitrogen functional groups attached to an aromatic ring is 1. The Labute approximate surface area is 121 Å². The molecule has 21 heavy (non-hydrogen) atoms. The van der Waals surface area contributed by atoms with E-state index in [-0.39, 0.29) is 35.3 Å². The molecule has 0 spiro atoms. The fraction of sp³-hybridized carbons (Fsp3) is 0.429. The number of unbranched alkanes of at least 4 members (excludes halogenated alkanes) is 1. The molecule has 0 bridgehead atoms. The fourth-order valence-corrected chi connectivity index (χ4v) is 2.16. The molecule has 1 heterocycles. The van der Waals surface area contributed by atoms with Crippen LogP contribution in [0.25, 0.3) is 10.9 Å². The molecule has 0 aliphatic carbocycles. The van der Waals surface area contributed by atoms with E-state index in [4.69, 9.17) is 5.73 Å². The van der Waals surface area contributed by atoms with E-state index in [1.807, 2.05) is 6.92 Å². The largest absolute Gasteiger partial charge is 0.394 e. The van der Waals surface area contributed by atoms with Gasteiger partial charge in [0.1, 0.15) is 17.5 Å². The Morgan fingerprint density at radius 3 is 2.76 bits per heavy atom. The number of aliphatic hydroxyl groups is 1. The lowest BCUT2D eigenvalue weighted by atomic mass is 10.1. The molecular formula is C14H18F2N4O. The van der Waals surface area contributed by atoms with Gasteiger partial charge in [0.2, 0.25) is 5.95 Å². The fourth-order valence-electron chi connectivity index (χ4n) is 2.16. The predicted octanol–water partition coefficient (Wildman–Crippen LogP) is 2.45. The third kappa shape index (κ3) is 3.55. The van der Waals surface area contributed by atoms with E-state index in [1.54, 1.807) is 0 Å². The van der Waals surface area contributed by atoms with E-state index in [1.165, 1.54) is 0 Å². The van der Waals surface area contributed by atoms with E-state index >= 15 is 0 Å². The molecule has 0 amide bonds. The Hall–Kier alpha value is -2.02. The molecular weight excluding hydrogens is 278 g/mol. The minimum Gasteiger partial charge on any atom is -0.394 e. The van der Waals surface area contributed by atoms with Crippen molar-refractivity contribution in [3.05, 3.63) is 23.8 Å². The topological polar surface area (TPSA) is 84.1 Å². The van der Waals surface area contributed by atoms with Crippen LogP contribution in [0.4, 0.5) is 20.5 Å². The van der Waals surface area contributed by atoms with Crippen LogP contribution >= 0.6 is 0 Å². The highest BCUT2D eigenvalue weighted by Gasteiger charge is 2.16. The third-order valence-corrected chi connectivity index (χ3v) is 3.20. The van der Waals surface area contributed by atoms with E-state index in [0.29, 0.717) is 6.42 Å². The Morgan fingerprint density at radius 1 is 1.33 bits per heavy atom. The molecule has 1 atom stereocenters. The lowest BCUT2D eigenvalue weighted by Gasteiger charge is -2.18. The zero-order valence-corrected chi connectivity index (χ0v) is 11.7. The number of rotatable bonds is 6. The highest BCUT2D eigenvalue weighted by Crippen LogP contribution is 2.26. The molecule has 0 aliphatic heterocycles. The van der Waals surface area contributed by atoms with Crippen LogP contribution < -0.4 is 11.1 Å². The van der Waals surface area contributed by atoms with Crippen LogP contribution in [0.3, 0.4) is 0 Å². The summed E-state index contributed by atoms with van der Waals surface area (Å²) in [7, 11) is 0. The molecule has 5 nitrogen and oxygen atoms in total. The molecule has 0 fully saturated rings. The summed E-state index contributed by atoms with van der Waals surface area (Å²) in [5.41, 5.74) is 5.66. The van der Waals surface area contributed by atoms with Crippen molar-refractivity contribution >= 4 is 22.7 Å². The number of halogens is 2. The van der Waals surface area contributed by atoms with Crippen molar-refractivity contribution in [1.29, 1.82) is 0 Å². The van der Waals surface area contributed by atoms with Gasteiger partial charge >= 0.3 is 0 Å². The maximum absolute atomic E-state index is 14.0. The standard InChI is InChI=1S/C14H18F2N4O/c1-2-3-4-9(7-21)18-13-12-10(16)5-8(15)6-11(12)19-14(17)20-13/h5-6,9,21H,2-4,7H2,1H3,(H3,17,18,19,20). The number of aliphatic hydroxyl groups excluding tert-OH is 1. The van der Waals surface area contributed by atoms with Crippen LogP contribution in [0.2, 0.25) is 0 Å². The van der Waals surface area contributed by atoms with Crippen molar-refractivity contribution in [2.24, 2.45) is 0 Å². The second kappa shape index (κ2) is 6.62. The number of hydrogen-bond acceptors (Lipinski definition) is 5. The Kier molecular flexibility index (Phi) is 4.85. The van der Waals surface area contributed by atoms with Crippen LogP contribution in [0, 0.1) is 11.6 Å². The van der Waals surface area contributed by atoms with Crippen molar-refractivity contribution in [3.8, 4) is 0 Å². The third-order valence-electron chi connectivity index (χ3n) is 3.20. The van der Waals surface area contributed by atoms with Crippen molar-refractivity contribution in [3.63, 3.8) is 0 Å². The van der Waals surface area contributed by atoms with Gasteiger partial charge in [-0.05, 0) is 6.42 Å². The summed E-state index contributed by atoms with van der Waals surface area (Å²) >= 11 is 0. The number of nitrogens with zero attached hydrogens (tertiary/aromatic N) is 2. The molecule has 0 saturated carbocycles. The zero-order valence-electron chi connectivity index (χ0n) is 11.7. The maximum atomic E-state index is 14.0. The molecule has 0 saturated heterocycles. The zero-order chi connectivity index (χ0) is 15.4. The van der Waals surface area contributed by atoms with E-state index < -0.39 is 11.6 Å². The highest BCUT2D eigenvalue weighted by atomic mass is 19.1. The smallest absolute Gasteiger partial charge is 0.222 e. The average Bonchev–Trinajstić information content (AvgIpc) is 2.41. The lowest BCUT2D eigenvalue weighted by Crippen LogP contribution is -2.24. The van der Waals surface area contributed by atoms with Gasteiger partial charge in [0.15, 0.2) is 0 Å². The van der Waals surface area contributed by atoms with E-state index in [0.717, 1.165) is 25.0 Å². The highest BCUT2D eigenvalue weighted by molar-refractivity contribution is 5.90. The van der Waals surface area contributed by atoms with Crippen LogP contribution in [0.15, 0.2) is 12.1 Å².